The van der Waals surface area contributed by atoms with Crippen molar-refractivity contribution in [1.82, 2.24) is 28.2 Å². The van der Waals surface area contributed by atoms with Gasteiger partial charge < -0.3 is 9.13 Å². The number of rotatable bonds is 6. The second kappa shape index (κ2) is 15.0. The van der Waals surface area contributed by atoms with Crippen molar-refractivity contribution in [3.8, 4) is 45.5 Å². The van der Waals surface area contributed by atoms with E-state index in [9.17, 15) is 2.74 Å². The lowest BCUT2D eigenvalue weighted by molar-refractivity contribution is 0.991. The monoisotopic (exact) mass is 896 g/mol. The Morgan fingerprint density at radius 3 is 1.33 bits per heavy atom. The van der Waals surface area contributed by atoms with E-state index >= 15 is 0 Å². The van der Waals surface area contributed by atoms with Gasteiger partial charge >= 0.3 is 0 Å². The van der Waals surface area contributed by atoms with Crippen molar-refractivity contribution in [2.75, 3.05) is 0 Å². The number of hydrogen-bond donors (Lipinski definition) is 0. The van der Waals surface area contributed by atoms with E-state index in [1.165, 1.54) is 0 Å². The van der Waals surface area contributed by atoms with E-state index in [1.807, 2.05) is 53.1 Å². The smallest absolute Gasteiger partial charge is 0.166 e. The average molecular weight is 897 g/mol. The molecule has 6 nitrogen and oxygen atoms in total. The summed E-state index contributed by atoms with van der Waals surface area (Å²) in [4.78, 5) is 11.5. The van der Waals surface area contributed by atoms with Crippen molar-refractivity contribution in [3.05, 3.63) is 243 Å². The van der Waals surface area contributed by atoms with Gasteiger partial charge in [0.05, 0.1) is 60.9 Å². The summed E-state index contributed by atoms with van der Waals surface area (Å²) in [5, 5.41) is 7.70. The molecule has 70 heavy (non-hydrogen) atoms. The second-order valence-corrected chi connectivity index (χ2v) is 17.8. The summed E-state index contributed by atoms with van der Waals surface area (Å²) in [6.07, 6.45) is 0. The average Bonchev–Trinajstić information content (AvgIpc) is 4.19. The molecular weight excluding hydrogens is 853 g/mol. The van der Waals surface area contributed by atoms with Gasteiger partial charge in [0, 0.05) is 54.8 Å². The van der Waals surface area contributed by atoms with Crippen LogP contribution < -0.4 is 0 Å². The minimum Gasteiger partial charge on any atom is -0.309 e. The molecular formula is C64H40N6. The number of benzene rings is 10. The topological polar surface area (TPSA) is 45.5 Å². The van der Waals surface area contributed by atoms with Crippen LogP contribution in [0.3, 0.4) is 0 Å². The van der Waals surface area contributed by atoms with Gasteiger partial charge in [-0.3, -0.25) is 9.13 Å². The lowest BCUT2D eigenvalue weighted by Gasteiger charge is -2.20. The highest BCUT2D eigenvalue weighted by molar-refractivity contribution is 6.18. The first-order valence-electron chi connectivity index (χ1n) is 25.5. The van der Waals surface area contributed by atoms with Gasteiger partial charge in [0.15, 0.2) is 5.82 Å². The van der Waals surface area contributed by atoms with Crippen molar-refractivity contribution in [1.29, 1.82) is 0 Å². The van der Waals surface area contributed by atoms with Crippen molar-refractivity contribution in [2.24, 2.45) is 0 Å². The maximum Gasteiger partial charge on any atom is 0.166 e. The zero-order valence-electron chi connectivity index (χ0n) is 41.5. The van der Waals surface area contributed by atoms with E-state index in [0.29, 0.717) is 39.3 Å². The van der Waals surface area contributed by atoms with Gasteiger partial charge in [0.1, 0.15) is 11.6 Å². The first-order valence-corrected chi connectivity index (χ1v) is 23.5. The molecule has 0 spiro atoms. The zero-order valence-corrected chi connectivity index (χ0v) is 37.5. The first kappa shape index (κ1) is 34.7. The van der Waals surface area contributed by atoms with E-state index in [0.717, 1.165) is 93.5 Å². The van der Waals surface area contributed by atoms with Gasteiger partial charge in [-0.15, -0.1) is 0 Å². The van der Waals surface area contributed by atoms with E-state index < -0.39 is 0 Å². The van der Waals surface area contributed by atoms with E-state index in [2.05, 4.69) is 184 Å². The van der Waals surface area contributed by atoms with E-state index in [1.54, 1.807) is 0 Å². The SMILES string of the molecule is [2H]c1c([2H])c([2H])c2c(c1[2H])c1ccccc1n2-c1cc(-n2c3ccccc3c3ccccc32)nc(-c2c(-c3cccc4c3c3ccccc3n4-c3ccccc3)cccc2-n2c3ccccc3c3ccccc32)n1. The lowest BCUT2D eigenvalue weighted by Crippen LogP contribution is -2.08. The van der Waals surface area contributed by atoms with Gasteiger partial charge in [-0.25, -0.2) is 9.97 Å². The standard InChI is InChI=1S/C64H40N6/c1-2-20-41(21-3-1)67-57-37-17-10-28-50(57)62-48(29-18-38-58(62)67)49-30-19-39-59(68-51-31-11-4-22-42(51)43-23-5-12-32-52(43)68)63(49)64-65-60(69-53-33-13-6-24-44(53)45-25-7-14-34-54(45)69)40-61(66-64)70-55-35-15-8-26-46(55)47-27-9-16-36-56(47)70/h1-40H/i6D,13D,24D,33D. The molecule has 0 amide bonds. The Kier molecular flexibility index (Phi) is 7.44. The third-order valence-corrected chi connectivity index (χ3v) is 14.1. The highest BCUT2D eigenvalue weighted by Crippen LogP contribution is 2.46. The molecule has 0 saturated heterocycles. The quantitative estimate of drug-likeness (QED) is 0.167. The molecule has 15 rings (SSSR count). The van der Waals surface area contributed by atoms with Crippen LogP contribution in [-0.2, 0) is 0 Å². The fourth-order valence-corrected chi connectivity index (χ4v) is 11.3. The number of hydrogen-bond acceptors (Lipinski definition) is 2. The highest BCUT2D eigenvalue weighted by Gasteiger charge is 2.26. The summed E-state index contributed by atoms with van der Waals surface area (Å²) in [6, 6.07) is 74.8. The fraction of sp³-hybridized carbons (Fsp3) is 0. The molecule has 0 atom stereocenters. The van der Waals surface area contributed by atoms with Crippen molar-refractivity contribution in [2.45, 2.75) is 0 Å². The molecule has 0 radical (unpaired) electrons. The zero-order chi connectivity index (χ0) is 49.3. The third-order valence-electron chi connectivity index (χ3n) is 14.1. The molecule has 0 fully saturated rings. The number of fused-ring (bicyclic) bond motifs is 12. The highest BCUT2D eigenvalue weighted by atomic mass is 15.2. The predicted octanol–water partition coefficient (Wildman–Crippen LogP) is 16.2. The van der Waals surface area contributed by atoms with Crippen LogP contribution in [0, 0.1) is 0 Å². The van der Waals surface area contributed by atoms with Gasteiger partial charge in [0.2, 0.25) is 0 Å². The van der Waals surface area contributed by atoms with E-state index in [4.69, 9.17) is 12.7 Å². The second-order valence-electron chi connectivity index (χ2n) is 17.8. The molecule has 0 aliphatic heterocycles. The van der Waals surface area contributed by atoms with Gasteiger partial charge in [-0.2, -0.15) is 0 Å². The maximum atomic E-state index is 9.54. The summed E-state index contributed by atoms with van der Waals surface area (Å²) >= 11 is 0. The molecule has 0 aliphatic rings. The Bertz CT molecular complexity index is 4740. The summed E-state index contributed by atoms with van der Waals surface area (Å²) < 4.78 is 45.4. The predicted molar refractivity (Wildman–Crippen MR) is 290 cm³/mol. The molecule has 5 aromatic heterocycles. The Labute approximate surface area is 407 Å². The molecule has 0 unspecified atom stereocenters. The van der Waals surface area contributed by atoms with Crippen LogP contribution in [0.25, 0.3) is 133 Å². The van der Waals surface area contributed by atoms with Crippen molar-refractivity contribution < 1.29 is 5.48 Å². The summed E-state index contributed by atoms with van der Waals surface area (Å²) in [5.41, 5.74) is 11.8. The van der Waals surface area contributed by atoms with Gasteiger partial charge in [-0.05, 0) is 77.8 Å². The van der Waals surface area contributed by atoms with Crippen LogP contribution in [0.15, 0.2) is 243 Å². The molecule has 10 aromatic carbocycles. The van der Waals surface area contributed by atoms with Gasteiger partial charge in [0.25, 0.3) is 0 Å². The van der Waals surface area contributed by atoms with Crippen molar-refractivity contribution >= 4 is 87.2 Å². The molecule has 5 heterocycles. The largest absolute Gasteiger partial charge is 0.309 e. The minimum absolute atomic E-state index is 0.102. The van der Waals surface area contributed by atoms with Crippen LogP contribution in [0.5, 0.6) is 0 Å². The molecule has 0 saturated carbocycles. The van der Waals surface area contributed by atoms with Crippen LogP contribution in [0.4, 0.5) is 0 Å². The number of aromatic nitrogens is 6. The van der Waals surface area contributed by atoms with Crippen LogP contribution >= 0.6 is 0 Å². The van der Waals surface area contributed by atoms with Crippen LogP contribution in [0.1, 0.15) is 5.48 Å². The Balaban J connectivity index is 1.14. The fourth-order valence-electron chi connectivity index (χ4n) is 11.3. The van der Waals surface area contributed by atoms with Crippen molar-refractivity contribution in [3.63, 3.8) is 0 Å². The molecule has 326 valence electrons. The third kappa shape index (κ3) is 5.50. The minimum atomic E-state index is -0.315. The lowest BCUT2D eigenvalue weighted by atomic mass is 9.93. The molecule has 0 bridgehead atoms. The Morgan fingerprint density at radius 1 is 0.314 bits per heavy atom. The molecule has 0 N–H and O–H groups in total. The Morgan fingerprint density at radius 2 is 0.743 bits per heavy atom. The first-order chi connectivity index (χ1) is 36.4. The normalized spacial score (nSPS) is 12.8. The Hall–Kier alpha value is -9.52. The van der Waals surface area contributed by atoms with Crippen LogP contribution in [-0.4, -0.2) is 28.2 Å². The number of nitrogens with zero attached hydrogens (tertiary/aromatic N) is 6. The molecule has 6 heteroatoms. The summed E-state index contributed by atoms with van der Waals surface area (Å²) in [5.74, 6) is 1.48. The maximum absolute atomic E-state index is 9.54. The van der Waals surface area contributed by atoms with Gasteiger partial charge in [-0.1, -0.05) is 170 Å². The molecule has 15 aromatic rings. The number of para-hydroxylation sites is 8. The van der Waals surface area contributed by atoms with Crippen LogP contribution in [0.2, 0.25) is 0 Å². The molecule has 0 aliphatic carbocycles. The summed E-state index contributed by atoms with van der Waals surface area (Å²) in [7, 11) is 0. The summed E-state index contributed by atoms with van der Waals surface area (Å²) in [6.45, 7) is 0. The van der Waals surface area contributed by atoms with E-state index in [-0.39, 0.29) is 24.2 Å².